The molecule has 0 radical (unpaired) electrons. The van der Waals surface area contributed by atoms with Crippen LogP contribution in [-0.2, 0) is 14.9 Å². The SMILES string of the molecule is CC(C)(C)c1ccc(C(OCCO)C(=O)O)s1. The predicted octanol–water partition coefficient (Wildman–Crippen LogP) is 2.18. The molecule has 0 saturated heterocycles. The summed E-state index contributed by atoms with van der Waals surface area (Å²) in [4.78, 5) is 12.8. The Bertz CT molecular complexity index is 378. The van der Waals surface area contributed by atoms with Crippen molar-refractivity contribution in [1.82, 2.24) is 0 Å². The van der Waals surface area contributed by atoms with Crippen LogP contribution < -0.4 is 0 Å². The van der Waals surface area contributed by atoms with E-state index in [1.54, 1.807) is 6.07 Å². The van der Waals surface area contributed by atoms with Crippen molar-refractivity contribution < 1.29 is 19.7 Å². The summed E-state index contributed by atoms with van der Waals surface area (Å²) in [5.41, 5.74) is 0.00293. The summed E-state index contributed by atoms with van der Waals surface area (Å²) >= 11 is 1.44. The maximum atomic E-state index is 11.1. The van der Waals surface area contributed by atoms with Crippen LogP contribution in [0.4, 0.5) is 0 Å². The smallest absolute Gasteiger partial charge is 0.338 e. The Balaban J connectivity index is 2.88. The Morgan fingerprint density at radius 1 is 1.47 bits per heavy atom. The van der Waals surface area contributed by atoms with Gasteiger partial charge in [0.1, 0.15) is 0 Å². The van der Waals surface area contributed by atoms with Crippen molar-refractivity contribution in [1.29, 1.82) is 0 Å². The van der Waals surface area contributed by atoms with E-state index in [0.29, 0.717) is 4.88 Å². The molecule has 17 heavy (non-hydrogen) atoms. The van der Waals surface area contributed by atoms with Crippen molar-refractivity contribution in [2.45, 2.75) is 32.3 Å². The Morgan fingerprint density at radius 3 is 2.53 bits per heavy atom. The fourth-order valence-corrected chi connectivity index (χ4v) is 2.45. The lowest BCUT2D eigenvalue weighted by molar-refractivity contribution is -0.151. The average molecular weight is 258 g/mol. The van der Waals surface area contributed by atoms with Crippen molar-refractivity contribution in [3.8, 4) is 0 Å². The van der Waals surface area contributed by atoms with Crippen LogP contribution in [0.15, 0.2) is 12.1 Å². The van der Waals surface area contributed by atoms with E-state index >= 15 is 0 Å². The predicted molar refractivity (Wildman–Crippen MR) is 66.4 cm³/mol. The molecule has 96 valence electrons. The molecule has 0 aliphatic heterocycles. The van der Waals surface area contributed by atoms with Crippen molar-refractivity contribution >= 4 is 17.3 Å². The molecule has 0 bridgehead atoms. The van der Waals surface area contributed by atoms with Crippen LogP contribution in [0.1, 0.15) is 36.6 Å². The largest absolute Gasteiger partial charge is 0.479 e. The standard InChI is InChI=1S/C12H18O4S/c1-12(2,3)9-5-4-8(17-9)10(11(14)15)16-7-6-13/h4-5,10,13H,6-7H2,1-3H3,(H,14,15). The van der Waals surface area contributed by atoms with Crippen molar-refractivity contribution in [3.63, 3.8) is 0 Å². The molecule has 1 atom stereocenters. The van der Waals surface area contributed by atoms with E-state index in [2.05, 4.69) is 20.8 Å². The van der Waals surface area contributed by atoms with Gasteiger partial charge in [-0.2, -0.15) is 0 Å². The Hall–Kier alpha value is -0.910. The van der Waals surface area contributed by atoms with Gasteiger partial charge in [0.05, 0.1) is 13.2 Å². The Kier molecular flexibility index (Phi) is 4.68. The minimum Gasteiger partial charge on any atom is -0.479 e. The van der Waals surface area contributed by atoms with E-state index < -0.39 is 12.1 Å². The van der Waals surface area contributed by atoms with Gasteiger partial charge in [-0.25, -0.2) is 4.79 Å². The summed E-state index contributed by atoms with van der Waals surface area (Å²) in [5.74, 6) is -1.03. The van der Waals surface area contributed by atoms with Crippen molar-refractivity contribution in [2.75, 3.05) is 13.2 Å². The molecule has 0 aliphatic carbocycles. The highest BCUT2D eigenvalue weighted by atomic mass is 32.1. The molecular formula is C12H18O4S. The van der Waals surface area contributed by atoms with Gasteiger partial charge in [0.15, 0.2) is 6.10 Å². The van der Waals surface area contributed by atoms with Gasteiger partial charge in [-0.15, -0.1) is 11.3 Å². The highest BCUT2D eigenvalue weighted by Gasteiger charge is 2.24. The number of carbonyl (C=O) groups is 1. The van der Waals surface area contributed by atoms with Gasteiger partial charge in [-0.1, -0.05) is 20.8 Å². The first kappa shape index (κ1) is 14.2. The van der Waals surface area contributed by atoms with Gasteiger partial charge in [0.25, 0.3) is 0 Å². The van der Waals surface area contributed by atoms with Gasteiger partial charge in [-0.3, -0.25) is 0 Å². The zero-order valence-electron chi connectivity index (χ0n) is 10.3. The monoisotopic (exact) mass is 258 g/mol. The normalized spacial score (nSPS) is 13.6. The van der Waals surface area contributed by atoms with E-state index in [0.717, 1.165) is 4.88 Å². The summed E-state index contributed by atoms with van der Waals surface area (Å²) in [6.07, 6.45) is -0.983. The van der Waals surface area contributed by atoms with Gasteiger partial charge >= 0.3 is 5.97 Å². The highest BCUT2D eigenvalue weighted by molar-refractivity contribution is 7.12. The number of thiophene rings is 1. The molecular weight excluding hydrogens is 240 g/mol. The van der Waals surface area contributed by atoms with Crippen molar-refractivity contribution in [2.24, 2.45) is 0 Å². The summed E-state index contributed by atoms with van der Waals surface area (Å²) in [6, 6.07) is 3.71. The number of ether oxygens (including phenoxy) is 1. The lowest BCUT2D eigenvalue weighted by Crippen LogP contribution is -2.16. The Labute approximate surface area is 105 Å². The maximum Gasteiger partial charge on any atom is 0.338 e. The van der Waals surface area contributed by atoms with E-state index in [-0.39, 0.29) is 18.6 Å². The third-order valence-corrected chi connectivity index (χ3v) is 3.78. The van der Waals surface area contributed by atoms with E-state index in [4.69, 9.17) is 14.9 Å². The number of carboxylic acid groups (broad SMARTS) is 1. The van der Waals surface area contributed by atoms with Crippen molar-refractivity contribution in [3.05, 3.63) is 21.9 Å². The number of carboxylic acids is 1. The average Bonchev–Trinajstić information content (AvgIpc) is 2.66. The van der Waals surface area contributed by atoms with Crippen LogP contribution in [0.25, 0.3) is 0 Å². The molecule has 2 N–H and O–H groups in total. The van der Waals surface area contributed by atoms with Crippen LogP contribution in [0.5, 0.6) is 0 Å². The minimum atomic E-state index is -1.03. The van der Waals surface area contributed by atoms with Crippen LogP contribution in [0, 0.1) is 0 Å². The first-order chi connectivity index (χ1) is 7.86. The third-order valence-electron chi connectivity index (χ3n) is 2.22. The molecule has 1 aromatic rings. The molecule has 0 aromatic carbocycles. The molecule has 0 fully saturated rings. The molecule has 0 spiro atoms. The van der Waals surface area contributed by atoms with E-state index in [1.807, 2.05) is 6.07 Å². The van der Waals surface area contributed by atoms with Gasteiger partial charge in [-0.05, 0) is 17.5 Å². The molecule has 1 unspecified atom stereocenters. The molecule has 1 rings (SSSR count). The second-order valence-corrected chi connectivity index (χ2v) is 5.88. The topological polar surface area (TPSA) is 66.8 Å². The molecule has 4 nitrogen and oxygen atoms in total. The number of hydrogen-bond donors (Lipinski definition) is 2. The summed E-state index contributed by atoms with van der Waals surface area (Å²) in [5, 5.41) is 17.7. The quantitative estimate of drug-likeness (QED) is 0.849. The number of rotatable bonds is 5. The third kappa shape index (κ3) is 3.80. The maximum absolute atomic E-state index is 11.1. The van der Waals surface area contributed by atoms with E-state index in [9.17, 15) is 4.79 Å². The van der Waals surface area contributed by atoms with Crippen LogP contribution in [-0.4, -0.2) is 29.4 Å². The first-order valence-electron chi connectivity index (χ1n) is 5.41. The zero-order valence-corrected chi connectivity index (χ0v) is 11.1. The summed E-state index contributed by atoms with van der Waals surface area (Å²) in [6.45, 7) is 6.08. The van der Waals surface area contributed by atoms with E-state index in [1.165, 1.54) is 11.3 Å². The zero-order chi connectivity index (χ0) is 13.1. The minimum absolute atomic E-state index is 0.00293. The molecule has 0 amide bonds. The fraction of sp³-hybridized carbons (Fsp3) is 0.583. The van der Waals surface area contributed by atoms with Crippen LogP contribution in [0.2, 0.25) is 0 Å². The Morgan fingerprint density at radius 2 is 2.12 bits per heavy atom. The second kappa shape index (κ2) is 5.62. The molecule has 0 saturated carbocycles. The molecule has 5 heteroatoms. The number of hydrogen-bond acceptors (Lipinski definition) is 4. The van der Waals surface area contributed by atoms with Gasteiger partial charge in [0, 0.05) is 9.75 Å². The number of aliphatic hydroxyl groups excluding tert-OH is 1. The second-order valence-electron chi connectivity index (χ2n) is 4.76. The van der Waals surface area contributed by atoms with Crippen LogP contribution >= 0.6 is 11.3 Å². The summed E-state index contributed by atoms with van der Waals surface area (Å²) in [7, 11) is 0. The highest BCUT2D eigenvalue weighted by Crippen LogP contribution is 2.33. The van der Waals surface area contributed by atoms with Crippen LogP contribution in [0.3, 0.4) is 0 Å². The summed E-state index contributed by atoms with van der Waals surface area (Å²) < 4.78 is 5.13. The first-order valence-corrected chi connectivity index (χ1v) is 6.23. The number of aliphatic hydroxyl groups is 1. The fourth-order valence-electron chi connectivity index (χ4n) is 1.34. The molecule has 1 aromatic heterocycles. The lowest BCUT2D eigenvalue weighted by atomic mass is 9.95. The lowest BCUT2D eigenvalue weighted by Gasteiger charge is -2.16. The molecule has 0 aliphatic rings. The molecule has 1 heterocycles. The van der Waals surface area contributed by atoms with Gasteiger partial charge in [0.2, 0.25) is 0 Å². The van der Waals surface area contributed by atoms with Gasteiger partial charge < -0.3 is 14.9 Å². The number of aliphatic carboxylic acids is 1.